The summed E-state index contributed by atoms with van der Waals surface area (Å²) in [6, 6.07) is -19.4. The van der Waals surface area contributed by atoms with Gasteiger partial charge in [0, 0.05) is 33.2 Å². The molecule has 258 valence electrons. The highest BCUT2D eigenvalue weighted by Crippen LogP contribution is 2.38. The average Bonchev–Trinajstić information content (AvgIpc) is 4.05. The van der Waals surface area contributed by atoms with E-state index in [2.05, 4.69) is 15.0 Å². The van der Waals surface area contributed by atoms with Crippen LogP contribution in [0.1, 0.15) is 39.8 Å². The van der Waals surface area contributed by atoms with Crippen molar-refractivity contribution in [1.29, 1.82) is 0 Å². The van der Waals surface area contributed by atoms with Crippen LogP contribution < -0.4 is 0 Å². The quantitative estimate of drug-likeness (QED) is 0.164. The fraction of sp³-hybridized carbons (Fsp3) is 0. The number of aromatic nitrogens is 4. The maximum atomic E-state index is 9.70. The summed E-state index contributed by atoms with van der Waals surface area (Å²) in [4.78, 5) is 13.6. The van der Waals surface area contributed by atoms with Crippen molar-refractivity contribution in [3.05, 3.63) is 206 Å². The smallest absolute Gasteiger partial charge is 0.164 e. The Morgan fingerprint density at radius 2 is 0.873 bits per heavy atom. The van der Waals surface area contributed by atoms with Crippen LogP contribution in [0, 0.1) is 0 Å². The summed E-state index contributed by atoms with van der Waals surface area (Å²) in [7, 11) is 0. The van der Waals surface area contributed by atoms with Crippen LogP contribution >= 0.6 is 0 Å². The summed E-state index contributed by atoms with van der Waals surface area (Å²) in [5, 5.41) is -1.13. The molecule has 10 rings (SSSR count). The molecule has 2 aromatic heterocycles. The second-order valence-electron chi connectivity index (χ2n) is 11.4. The van der Waals surface area contributed by atoms with Gasteiger partial charge in [-0.3, -0.25) is 0 Å². The predicted octanol–water partition coefficient (Wildman–Crippen LogP) is 13.0. The first-order valence-electron chi connectivity index (χ1n) is 30.7. The normalized spacial score (nSPS) is 18.7. The first kappa shape index (κ1) is 14.1. The molecule has 0 unspecified atom stereocenters. The zero-order chi connectivity index (χ0) is 61.8. The molecule has 0 N–H and O–H groups in total. The van der Waals surface area contributed by atoms with Gasteiger partial charge in [-0.2, -0.15) is 0 Å². The lowest BCUT2D eigenvalue weighted by molar-refractivity contribution is 1.07. The van der Waals surface area contributed by atoms with Crippen LogP contribution in [0.3, 0.4) is 0 Å². The van der Waals surface area contributed by atoms with Gasteiger partial charge in [-0.15, -0.1) is 0 Å². The van der Waals surface area contributed by atoms with Gasteiger partial charge in [0.05, 0.1) is 50.8 Å². The highest BCUT2D eigenvalue weighted by atomic mass is 15.0. The average molecular weight is 732 g/mol. The van der Waals surface area contributed by atoms with Gasteiger partial charge in [0.2, 0.25) is 0 Å². The molecule has 0 atom stereocenters. The standard InChI is InChI=1S/C51H34N4/c1-5-15-35(16-6-1)40-27-31-44(45(33-40)37-19-9-3-10-20-37)51-53-49(38-21-11-4-12-22-38)52-50(54-51)39-25-29-42(30-26-39)55-47-24-14-13-23-43(47)46-34-41(28-32-48(46)55)36-17-7-2-8-18-36/h1-34H/i1D,2D,3D,5D,6D,7D,8D,9D,10D,13D,14D,15D,16D,17D,18D,19D,20D,23D,24D,25D,26D,27D,28D,29D,30D,31D,32D,33D,34D. The monoisotopic (exact) mass is 731 g/mol. The fourth-order valence-corrected chi connectivity index (χ4v) is 5.72. The fourth-order valence-electron chi connectivity index (χ4n) is 5.72. The second-order valence-corrected chi connectivity index (χ2v) is 11.4. The Hall–Kier alpha value is -7.43. The molecule has 4 heteroatoms. The van der Waals surface area contributed by atoms with Crippen LogP contribution in [-0.2, 0) is 0 Å². The van der Waals surface area contributed by atoms with Crippen molar-refractivity contribution >= 4 is 21.8 Å². The van der Waals surface area contributed by atoms with Crippen molar-refractivity contribution in [2.24, 2.45) is 0 Å². The number of nitrogens with zero attached hydrogens (tertiary/aromatic N) is 4. The Bertz CT molecular complexity index is 4540. The first-order chi connectivity index (χ1) is 39.3. The SMILES string of the molecule is [2H]c1c([2H])c([2H])c(-c2c([2H])c([2H])c(-c3nc(-c4ccccc4)nc(-c4c([2H])c([2H])c(-n5c6c([2H])c([2H])c([2H])c([2H])c6c6c([2H])c(-c7c([2H])c([2H])c([2H])c([2H])c7[2H])c([2H])c([2H])c65)c([2H])c4[2H])n3)c(-c3c([2H])c([2H])c([2H])c([2H])c3[2H])c2[2H])c([2H])c1[2H]. The number of hydrogen-bond acceptors (Lipinski definition) is 3. The van der Waals surface area contributed by atoms with Crippen LogP contribution in [0.5, 0.6) is 0 Å². The number of fused-ring (bicyclic) bond motifs is 3. The molecule has 0 radical (unpaired) electrons. The van der Waals surface area contributed by atoms with E-state index >= 15 is 0 Å². The van der Waals surface area contributed by atoms with Crippen LogP contribution in [0.15, 0.2) is 206 Å². The van der Waals surface area contributed by atoms with Gasteiger partial charge in [0.1, 0.15) is 0 Å². The molecular formula is C51H34N4. The van der Waals surface area contributed by atoms with E-state index in [1.54, 1.807) is 6.07 Å². The molecule has 0 bridgehead atoms. The molecule has 55 heavy (non-hydrogen) atoms. The topological polar surface area (TPSA) is 43.6 Å². The van der Waals surface area contributed by atoms with Crippen LogP contribution in [0.25, 0.3) is 95.0 Å². The molecule has 0 spiro atoms. The zero-order valence-corrected chi connectivity index (χ0v) is 27.7. The van der Waals surface area contributed by atoms with Gasteiger partial charge in [-0.1, -0.05) is 151 Å². The molecule has 10 aromatic rings. The highest BCUT2D eigenvalue weighted by Gasteiger charge is 2.18. The lowest BCUT2D eigenvalue weighted by atomic mass is 9.94. The molecule has 8 aromatic carbocycles. The number of hydrogen-bond donors (Lipinski definition) is 0. The van der Waals surface area contributed by atoms with E-state index in [9.17, 15) is 13.7 Å². The molecule has 0 aliphatic rings. The van der Waals surface area contributed by atoms with Crippen LogP contribution in [-0.4, -0.2) is 19.5 Å². The summed E-state index contributed by atoms with van der Waals surface area (Å²) in [6.45, 7) is 0. The molecule has 0 aliphatic heterocycles. The molecule has 0 fully saturated rings. The van der Waals surface area contributed by atoms with Crippen molar-refractivity contribution in [2.45, 2.75) is 0 Å². The third-order valence-electron chi connectivity index (χ3n) is 8.17. The van der Waals surface area contributed by atoms with Crippen molar-refractivity contribution in [2.75, 3.05) is 0 Å². The largest absolute Gasteiger partial charge is 0.309 e. The molecule has 4 nitrogen and oxygen atoms in total. The van der Waals surface area contributed by atoms with Crippen LogP contribution in [0.4, 0.5) is 0 Å². The molecular weight excluding hydrogens is 669 g/mol. The Morgan fingerprint density at radius 3 is 1.56 bits per heavy atom. The van der Waals surface area contributed by atoms with Crippen molar-refractivity contribution in [3.63, 3.8) is 0 Å². The Morgan fingerprint density at radius 1 is 0.345 bits per heavy atom. The van der Waals surface area contributed by atoms with Crippen molar-refractivity contribution < 1.29 is 39.8 Å². The van der Waals surface area contributed by atoms with E-state index < -0.39 is 259 Å². The minimum Gasteiger partial charge on any atom is -0.309 e. The first-order valence-corrected chi connectivity index (χ1v) is 16.2. The highest BCUT2D eigenvalue weighted by molar-refractivity contribution is 6.10. The molecule has 0 aliphatic carbocycles. The summed E-state index contributed by atoms with van der Waals surface area (Å²) >= 11 is 0. The Labute approximate surface area is 360 Å². The van der Waals surface area contributed by atoms with Gasteiger partial charge in [-0.05, 0) is 87.8 Å². The van der Waals surface area contributed by atoms with Gasteiger partial charge in [0.15, 0.2) is 17.5 Å². The summed E-state index contributed by atoms with van der Waals surface area (Å²) in [5.74, 6) is -1.88. The van der Waals surface area contributed by atoms with E-state index in [4.69, 9.17) is 26.0 Å². The third-order valence-corrected chi connectivity index (χ3v) is 8.17. The molecule has 0 saturated heterocycles. The molecule has 0 amide bonds. The second kappa shape index (κ2) is 13.8. The van der Waals surface area contributed by atoms with Crippen molar-refractivity contribution in [3.8, 4) is 73.2 Å². The zero-order valence-electron chi connectivity index (χ0n) is 56.7. The van der Waals surface area contributed by atoms with E-state index in [1.165, 1.54) is 24.3 Å². The van der Waals surface area contributed by atoms with Crippen LogP contribution in [0.2, 0.25) is 0 Å². The summed E-state index contributed by atoms with van der Waals surface area (Å²) in [5.41, 5.74) is -8.08. The minimum atomic E-state index is -1.04. The van der Waals surface area contributed by atoms with E-state index in [0.717, 1.165) is 4.57 Å². The van der Waals surface area contributed by atoms with E-state index in [1.807, 2.05) is 0 Å². The molecule has 0 saturated carbocycles. The summed E-state index contributed by atoms with van der Waals surface area (Å²) in [6.07, 6.45) is 0. The number of rotatable bonds is 7. The lowest BCUT2D eigenvalue weighted by Gasteiger charge is -2.14. The van der Waals surface area contributed by atoms with E-state index in [-0.39, 0.29) is 11.4 Å². The van der Waals surface area contributed by atoms with Gasteiger partial charge < -0.3 is 4.57 Å². The number of para-hydroxylation sites is 1. The van der Waals surface area contributed by atoms with Gasteiger partial charge in [0.25, 0.3) is 0 Å². The van der Waals surface area contributed by atoms with Gasteiger partial charge in [-0.25, -0.2) is 15.0 Å². The van der Waals surface area contributed by atoms with Crippen molar-refractivity contribution in [1.82, 2.24) is 19.5 Å². The predicted molar refractivity (Wildman–Crippen MR) is 227 cm³/mol. The summed E-state index contributed by atoms with van der Waals surface area (Å²) < 4.78 is 260. The Balaban J connectivity index is 1.34. The maximum Gasteiger partial charge on any atom is 0.164 e. The van der Waals surface area contributed by atoms with E-state index in [0.29, 0.717) is 0 Å². The Kier molecular flexibility index (Phi) is 3.55. The molecule has 2 heterocycles. The third kappa shape index (κ3) is 6.06. The number of benzene rings is 8. The van der Waals surface area contributed by atoms with Gasteiger partial charge >= 0.3 is 0 Å². The minimum absolute atomic E-state index is 0.140. The maximum absolute atomic E-state index is 9.70. The lowest BCUT2D eigenvalue weighted by Crippen LogP contribution is -2.01.